The van der Waals surface area contributed by atoms with Crippen LogP contribution in [0.4, 0.5) is 11.6 Å². The SMILES string of the molecule is Nc1nc2c(ncn2[C@@H]2O[C@@H]3COP(O)(=S)O[C@@H]4C[C@H](n5cnc6c(N)ccnc65)O[C@@H]4COP(O)(=S)OC2[C@H]3O)c(=O)[nH]1. The highest BCUT2D eigenvalue weighted by Gasteiger charge is 2.50. The molecular formula is C21H25N9O10P2S2. The zero-order valence-corrected chi connectivity index (χ0v) is 25.6. The van der Waals surface area contributed by atoms with Crippen LogP contribution in [0.1, 0.15) is 18.9 Å². The number of aromatic nitrogens is 7. The van der Waals surface area contributed by atoms with Crippen molar-refractivity contribution < 1.29 is 42.5 Å². The standard InChI is InChI=1S/C21H25N9O10P2S2/c22-8-1-2-24-17-13(8)25-6-29(17)12-3-9-10(37-12)4-35-42(34,44)40-16-15(31)11(5-36-41(33,43)39-9)38-20(16)30-7-26-14-18(30)27-21(23)28-19(14)32/h1-2,6-7,9-12,15-16,20,31H,3-5H2,(H2,22,24)(H,33,43)(H,34,44)(H3,23,27,28,32)/t9-,10-,11-,12-,15+,16?,20-,41?,42?/m1/s1. The number of H-pyrrole nitrogens is 1. The fourth-order valence-electron chi connectivity index (χ4n) is 5.34. The molecule has 7 rings (SSSR count). The van der Waals surface area contributed by atoms with Crippen LogP contribution in [0.2, 0.25) is 0 Å². The summed E-state index contributed by atoms with van der Waals surface area (Å²) in [6.07, 6.45) is -3.35. The van der Waals surface area contributed by atoms with Crippen LogP contribution in [0.5, 0.6) is 0 Å². The van der Waals surface area contributed by atoms with E-state index in [-0.39, 0.29) is 30.1 Å². The normalized spacial score (nSPS) is 36.6. The van der Waals surface area contributed by atoms with Crippen LogP contribution in [0.15, 0.2) is 29.7 Å². The van der Waals surface area contributed by atoms with E-state index in [9.17, 15) is 19.7 Å². The van der Waals surface area contributed by atoms with Gasteiger partial charge in [0.05, 0.1) is 37.7 Å². The molecule has 2 bridgehead atoms. The number of aliphatic hydroxyl groups excluding tert-OH is 1. The maximum atomic E-state index is 12.3. The van der Waals surface area contributed by atoms with E-state index < -0.39 is 68.6 Å². The van der Waals surface area contributed by atoms with Crippen molar-refractivity contribution in [1.82, 2.24) is 34.1 Å². The van der Waals surface area contributed by atoms with Gasteiger partial charge in [0.1, 0.15) is 36.2 Å². The molecule has 3 unspecified atom stereocenters. The van der Waals surface area contributed by atoms with Crippen molar-refractivity contribution >= 4 is 71.0 Å². The molecule has 0 spiro atoms. The van der Waals surface area contributed by atoms with Gasteiger partial charge < -0.3 is 49.4 Å². The summed E-state index contributed by atoms with van der Waals surface area (Å²) in [6, 6.07) is 1.62. The van der Waals surface area contributed by atoms with Crippen molar-refractivity contribution in [2.24, 2.45) is 0 Å². The molecule has 7 heterocycles. The number of pyridine rings is 1. The Balaban J connectivity index is 1.19. The minimum Gasteiger partial charge on any atom is -0.397 e. The minimum atomic E-state index is -4.12. The molecule has 0 radical (unpaired) electrons. The maximum Gasteiger partial charge on any atom is 0.325 e. The average Bonchev–Trinajstić information content (AvgIpc) is 3.72. The van der Waals surface area contributed by atoms with Crippen molar-refractivity contribution in [3.05, 3.63) is 35.3 Å². The van der Waals surface area contributed by atoms with Crippen molar-refractivity contribution in [2.75, 3.05) is 24.7 Å². The quantitative estimate of drug-likeness (QED) is 0.145. The smallest absolute Gasteiger partial charge is 0.325 e. The summed E-state index contributed by atoms with van der Waals surface area (Å²) in [5.41, 5.74) is 12.4. The molecule has 236 valence electrons. The Hall–Kier alpha value is -2.49. The number of nitrogens with two attached hydrogens (primary N) is 2. The van der Waals surface area contributed by atoms with Gasteiger partial charge in [-0.3, -0.25) is 23.4 Å². The Bertz CT molecular complexity index is 1910. The van der Waals surface area contributed by atoms with Gasteiger partial charge in [-0.2, -0.15) is 4.98 Å². The van der Waals surface area contributed by atoms with E-state index in [1.165, 1.54) is 23.4 Å². The van der Waals surface area contributed by atoms with Crippen LogP contribution < -0.4 is 17.0 Å². The molecule has 0 aliphatic carbocycles. The number of nitrogens with zero attached hydrogens (tertiary/aromatic N) is 6. The molecule has 0 aromatic carbocycles. The summed E-state index contributed by atoms with van der Waals surface area (Å²) in [6.45, 7) is -8.89. The largest absolute Gasteiger partial charge is 0.397 e. The second-order valence-corrected chi connectivity index (χ2v) is 15.7. The molecule has 44 heavy (non-hydrogen) atoms. The van der Waals surface area contributed by atoms with E-state index in [1.54, 1.807) is 10.6 Å². The van der Waals surface area contributed by atoms with Crippen molar-refractivity contribution in [3.8, 4) is 0 Å². The Morgan fingerprint density at radius 1 is 0.932 bits per heavy atom. The first-order valence-corrected chi connectivity index (χ1v) is 18.2. The fraction of sp³-hybridized carbons (Fsp3) is 0.476. The Labute approximate surface area is 256 Å². The van der Waals surface area contributed by atoms with Gasteiger partial charge in [0.15, 0.2) is 23.0 Å². The number of fused-ring (bicyclic) bond motifs is 5. The number of rotatable bonds is 2. The number of hydrogen-bond acceptors (Lipinski definition) is 16. The van der Waals surface area contributed by atoms with E-state index in [1.807, 2.05) is 0 Å². The predicted molar refractivity (Wildman–Crippen MR) is 158 cm³/mol. The summed E-state index contributed by atoms with van der Waals surface area (Å²) < 4.78 is 38.0. The van der Waals surface area contributed by atoms with Gasteiger partial charge in [-0.05, 0) is 29.7 Å². The van der Waals surface area contributed by atoms with Gasteiger partial charge in [-0.25, -0.2) is 15.0 Å². The molecule has 8 N–H and O–H groups in total. The average molecular weight is 690 g/mol. The van der Waals surface area contributed by atoms with Crippen LogP contribution in [-0.4, -0.2) is 92.7 Å². The summed E-state index contributed by atoms with van der Waals surface area (Å²) in [5.74, 6) is -0.191. The van der Waals surface area contributed by atoms with E-state index in [0.717, 1.165) is 0 Å². The van der Waals surface area contributed by atoms with E-state index >= 15 is 0 Å². The molecule has 23 heteroatoms. The lowest BCUT2D eigenvalue weighted by molar-refractivity contribution is -0.0600. The Morgan fingerprint density at radius 3 is 2.43 bits per heavy atom. The number of aliphatic hydroxyl groups is 1. The zero-order valence-electron chi connectivity index (χ0n) is 22.2. The molecule has 0 amide bonds. The van der Waals surface area contributed by atoms with Gasteiger partial charge in [-0.1, -0.05) is 0 Å². The van der Waals surface area contributed by atoms with Crippen LogP contribution in [0.3, 0.4) is 0 Å². The zero-order chi connectivity index (χ0) is 31.0. The molecule has 0 saturated carbocycles. The van der Waals surface area contributed by atoms with Gasteiger partial charge >= 0.3 is 13.4 Å². The molecule has 3 aliphatic heterocycles. The van der Waals surface area contributed by atoms with E-state index in [0.29, 0.717) is 16.9 Å². The monoisotopic (exact) mass is 689 g/mol. The summed E-state index contributed by atoms with van der Waals surface area (Å²) >= 11 is 10.6. The Morgan fingerprint density at radius 2 is 1.64 bits per heavy atom. The number of imidazole rings is 2. The number of anilines is 2. The molecule has 3 aliphatic rings. The second kappa shape index (κ2) is 11.1. The summed E-state index contributed by atoms with van der Waals surface area (Å²) in [5, 5.41) is 11.2. The molecule has 4 aromatic rings. The van der Waals surface area contributed by atoms with E-state index in [2.05, 4.69) is 24.9 Å². The second-order valence-electron chi connectivity index (χ2n) is 10.2. The summed E-state index contributed by atoms with van der Waals surface area (Å²) in [7, 11) is 0. The van der Waals surface area contributed by atoms with Crippen LogP contribution in [0.25, 0.3) is 22.3 Å². The van der Waals surface area contributed by atoms with Gasteiger partial charge in [0, 0.05) is 12.6 Å². The van der Waals surface area contributed by atoms with Crippen LogP contribution >= 0.6 is 13.4 Å². The van der Waals surface area contributed by atoms with Gasteiger partial charge in [-0.15, -0.1) is 0 Å². The van der Waals surface area contributed by atoms with Crippen LogP contribution in [0, 0.1) is 0 Å². The first-order valence-electron chi connectivity index (χ1n) is 13.0. The lowest BCUT2D eigenvalue weighted by atomic mass is 10.1. The summed E-state index contributed by atoms with van der Waals surface area (Å²) in [4.78, 5) is 53.6. The molecule has 19 nitrogen and oxygen atoms in total. The van der Waals surface area contributed by atoms with Crippen molar-refractivity contribution in [1.29, 1.82) is 0 Å². The number of nitrogens with one attached hydrogen (secondary N) is 1. The number of aromatic amines is 1. The van der Waals surface area contributed by atoms with Crippen molar-refractivity contribution in [3.63, 3.8) is 0 Å². The Kier molecular flexibility index (Phi) is 7.61. The highest BCUT2D eigenvalue weighted by molar-refractivity contribution is 8.07. The maximum absolute atomic E-state index is 12.3. The highest BCUT2D eigenvalue weighted by Crippen LogP contribution is 2.54. The molecular weight excluding hydrogens is 664 g/mol. The fourth-order valence-corrected chi connectivity index (χ4v) is 8.23. The third-order valence-electron chi connectivity index (χ3n) is 7.35. The lowest BCUT2D eigenvalue weighted by Crippen LogP contribution is -2.35. The number of hydrogen-bond donors (Lipinski definition) is 6. The topological polar surface area (TPSA) is 262 Å². The minimum absolute atomic E-state index is 0.0130. The highest BCUT2D eigenvalue weighted by atomic mass is 32.5. The molecule has 4 aromatic heterocycles. The lowest BCUT2D eigenvalue weighted by Gasteiger charge is -2.27. The molecule has 3 fully saturated rings. The third kappa shape index (κ3) is 5.47. The van der Waals surface area contributed by atoms with Crippen molar-refractivity contribution in [2.45, 2.75) is 49.4 Å². The van der Waals surface area contributed by atoms with Gasteiger partial charge in [0.25, 0.3) is 5.56 Å². The number of nitrogen functional groups attached to an aromatic ring is 2. The molecule has 9 atom stereocenters. The van der Waals surface area contributed by atoms with Crippen LogP contribution in [-0.2, 0) is 51.2 Å². The predicted octanol–water partition coefficient (Wildman–Crippen LogP) is -0.475. The molecule has 3 saturated heterocycles. The number of ether oxygens (including phenoxy) is 2. The first kappa shape index (κ1) is 30.2. The van der Waals surface area contributed by atoms with E-state index in [4.69, 9.17) is 62.6 Å². The van der Waals surface area contributed by atoms with Gasteiger partial charge in [0.2, 0.25) is 5.95 Å². The first-order chi connectivity index (χ1) is 20.9. The third-order valence-corrected chi connectivity index (χ3v) is 10.5.